The highest BCUT2D eigenvalue weighted by Crippen LogP contribution is 2.34. The number of hydrogen-bond donors (Lipinski definition) is 1. The first-order valence-corrected chi connectivity index (χ1v) is 9.38. The lowest BCUT2D eigenvalue weighted by Crippen LogP contribution is -2.44. The van der Waals surface area contributed by atoms with Crippen molar-refractivity contribution in [2.75, 3.05) is 20.8 Å². The Morgan fingerprint density at radius 2 is 1.46 bits per heavy atom. The summed E-state index contributed by atoms with van der Waals surface area (Å²) in [5.74, 6) is 1.66. The molecule has 0 amide bonds. The average molecular weight is 386 g/mol. The topological polar surface area (TPSA) is 70.8 Å². The molecule has 0 spiro atoms. The van der Waals surface area contributed by atoms with Crippen LogP contribution in [-0.2, 0) is 9.53 Å². The molecule has 2 atom stereocenters. The van der Waals surface area contributed by atoms with Gasteiger partial charge in [-0.05, 0) is 62.1 Å². The molecule has 0 bridgehead atoms. The molecule has 0 saturated carbocycles. The van der Waals surface area contributed by atoms with E-state index in [1.165, 1.54) is 0 Å². The van der Waals surface area contributed by atoms with Crippen LogP contribution in [0.5, 0.6) is 11.5 Å². The lowest BCUT2D eigenvalue weighted by molar-refractivity contribution is -0.114. The van der Waals surface area contributed by atoms with E-state index in [9.17, 15) is 4.79 Å². The van der Waals surface area contributed by atoms with Crippen LogP contribution in [0.3, 0.4) is 0 Å². The normalized spacial score (nSPS) is 14.4. The highest BCUT2D eigenvalue weighted by Gasteiger charge is 2.26. The van der Waals surface area contributed by atoms with Gasteiger partial charge in [0.25, 0.3) is 0 Å². The molecule has 0 saturated heterocycles. The van der Waals surface area contributed by atoms with Gasteiger partial charge in [-0.2, -0.15) is 0 Å². The number of carbonyl (C=O) groups excluding carboxylic acids is 1. The number of aryl methyl sites for hydroxylation is 2. The van der Waals surface area contributed by atoms with E-state index < -0.39 is 5.54 Å². The zero-order valence-electron chi connectivity index (χ0n) is 17.6. The lowest BCUT2D eigenvalue weighted by atomic mass is 9.85. The van der Waals surface area contributed by atoms with Crippen molar-refractivity contribution in [3.8, 4) is 11.5 Å². The van der Waals surface area contributed by atoms with Gasteiger partial charge in [-0.25, -0.2) is 0 Å². The SMILES string of the molecule is COc1ccc(C(c2ccc(OC)c(C)c2)[C@H](C)OC[C@](C)(N)C=O)cc1C. The van der Waals surface area contributed by atoms with Crippen molar-refractivity contribution in [1.29, 1.82) is 0 Å². The number of methoxy groups -OCH3 is 2. The molecular formula is C23H31NO4. The van der Waals surface area contributed by atoms with Crippen LogP contribution in [0.2, 0.25) is 0 Å². The van der Waals surface area contributed by atoms with Crippen molar-refractivity contribution in [3.63, 3.8) is 0 Å². The van der Waals surface area contributed by atoms with Crippen molar-refractivity contribution in [2.24, 2.45) is 5.73 Å². The predicted octanol–water partition coefficient (Wildman–Crippen LogP) is 3.77. The molecule has 0 unspecified atom stereocenters. The molecule has 0 radical (unpaired) electrons. The van der Waals surface area contributed by atoms with Crippen LogP contribution in [0.15, 0.2) is 36.4 Å². The zero-order valence-corrected chi connectivity index (χ0v) is 17.6. The van der Waals surface area contributed by atoms with Gasteiger partial charge in [0.2, 0.25) is 0 Å². The Kier molecular flexibility index (Phi) is 7.22. The fraction of sp³-hybridized carbons (Fsp3) is 0.435. The summed E-state index contributed by atoms with van der Waals surface area (Å²) in [5, 5.41) is 0. The smallest absolute Gasteiger partial charge is 0.141 e. The second-order valence-corrected chi connectivity index (χ2v) is 7.58. The van der Waals surface area contributed by atoms with Crippen LogP contribution in [-0.4, -0.2) is 38.8 Å². The Balaban J connectivity index is 2.44. The number of nitrogens with two attached hydrogens (primary N) is 1. The highest BCUT2D eigenvalue weighted by molar-refractivity contribution is 5.63. The molecule has 0 aliphatic heterocycles. The number of carbonyl (C=O) groups is 1. The Bertz CT molecular complexity index is 763. The standard InChI is InChI=1S/C23H31NO4/c1-15-11-18(7-9-20(15)26-5)22(17(3)28-14-23(4,24)13-25)19-8-10-21(27-6)16(2)12-19/h7-13,17,22H,14,24H2,1-6H3/t17-,23+/m0/s1. The summed E-state index contributed by atoms with van der Waals surface area (Å²) in [5.41, 5.74) is 9.26. The Hall–Kier alpha value is -2.37. The van der Waals surface area contributed by atoms with Crippen molar-refractivity contribution >= 4 is 6.29 Å². The summed E-state index contributed by atoms with van der Waals surface area (Å²) in [7, 11) is 3.33. The molecule has 2 aromatic carbocycles. The zero-order chi connectivity index (χ0) is 20.9. The van der Waals surface area contributed by atoms with E-state index in [0.29, 0.717) is 0 Å². The average Bonchev–Trinajstić information content (AvgIpc) is 2.67. The minimum atomic E-state index is -1.01. The first kappa shape index (κ1) is 21.9. The number of benzene rings is 2. The molecule has 0 aliphatic carbocycles. The lowest BCUT2D eigenvalue weighted by Gasteiger charge is -2.29. The first-order valence-electron chi connectivity index (χ1n) is 9.38. The second-order valence-electron chi connectivity index (χ2n) is 7.58. The summed E-state index contributed by atoms with van der Waals surface area (Å²) in [6, 6.07) is 12.3. The van der Waals surface area contributed by atoms with E-state index in [4.69, 9.17) is 19.9 Å². The third kappa shape index (κ3) is 5.12. The van der Waals surface area contributed by atoms with E-state index in [2.05, 4.69) is 24.3 Å². The maximum absolute atomic E-state index is 11.1. The van der Waals surface area contributed by atoms with Crippen LogP contribution in [0.1, 0.15) is 42.0 Å². The minimum Gasteiger partial charge on any atom is -0.496 e. The van der Waals surface area contributed by atoms with Gasteiger partial charge in [0, 0.05) is 5.92 Å². The van der Waals surface area contributed by atoms with Gasteiger partial charge < -0.3 is 24.7 Å². The Morgan fingerprint density at radius 1 is 1.00 bits per heavy atom. The van der Waals surface area contributed by atoms with Crippen LogP contribution in [0, 0.1) is 13.8 Å². The molecule has 5 heteroatoms. The number of ether oxygens (including phenoxy) is 3. The van der Waals surface area contributed by atoms with Crippen LogP contribution < -0.4 is 15.2 Å². The van der Waals surface area contributed by atoms with Crippen molar-refractivity contribution in [3.05, 3.63) is 58.7 Å². The van der Waals surface area contributed by atoms with E-state index in [0.717, 1.165) is 40.0 Å². The van der Waals surface area contributed by atoms with Crippen LogP contribution >= 0.6 is 0 Å². The van der Waals surface area contributed by atoms with Gasteiger partial charge in [0.15, 0.2) is 0 Å². The summed E-state index contributed by atoms with van der Waals surface area (Å²) in [6.45, 7) is 7.86. The summed E-state index contributed by atoms with van der Waals surface area (Å²) < 4.78 is 16.8. The molecule has 0 heterocycles. The highest BCUT2D eigenvalue weighted by atomic mass is 16.5. The number of aldehydes is 1. The van der Waals surface area contributed by atoms with E-state index in [1.807, 2.05) is 32.9 Å². The third-order valence-corrected chi connectivity index (χ3v) is 4.95. The third-order valence-electron chi connectivity index (χ3n) is 4.95. The molecule has 5 nitrogen and oxygen atoms in total. The fourth-order valence-electron chi connectivity index (χ4n) is 3.37. The van der Waals surface area contributed by atoms with Crippen molar-refractivity contribution in [1.82, 2.24) is 0 Å². The van der Waals surface area contributed by atoms with Crippen LogP contribution in [0.25, 0.3) is 0 Å². The largest absolute Gasteiger partial charge is 0.496 e. The number of rotatable bonds is 9. The minimum absolute atomic E-state index is 0.0309. The van der Waals surface area contributed by atoms with Crippen molar-refractivity contribution in [2.45, 2.75) is 45.3 Å². The van der Waals surface area contributed by atoms with Gasteiger partial charge in [0.05, 0.1) is 32.5 Å². The van der Waals surface area contributed by atoms with Crippen LogP contribution in [0.4, 0.5) is 0 Å². The van der Waals surface area contributed by atoms with Gasteiger partial charge >= 0.3 is 0 Å². The Labute approximate surface area is 167 Å². The molecule has 0 fully saturated rings. The van der Waals surface area contributed by atoms with Gasteiger partial charge in [-0.15, -0.1) is 0 Å². The molecule has 2 N–H and O–H groups in total. The second kappa shape index (κ2) is 9.22. The van der Waals surface area contributed by atoms with E-state index in [-0.39, 0.29) is 18.6 Å². The van der Waals surface area contributed by atoms with E-state index in [1.54, 1.807) is 21.1 Å². The molecule has 152 valence electrons. The number of hydrogen-bond acceptors (Lipinski definition) is 5. The fourth-order valence-corrected chi connectivity index (χ4v) is 3.37. The van der Waals surface area contributed by atoms with E-state index >= 15 is 0 Å². The molecule has 0 aliphatic rings. The molecular weight excluding hydrogens is 354 g/mol. The van der Waals surface area contributed by atoms with Crippen molar-refractivity contribution < 1.29 is 19.0 Å². The molecule has 2 rings (SSSR count). The summed E-state index contributed by atoms with van der Waals surface area (Å²) in [4.78, 5) is 11.1. The predicted molar refractivity (Wildman–Crippen MR) is 111 cm³/mol. The summed E-state index contributed by atoms with van der Waals surface area (Å²) in [6.07, 6.45) is 0.535. The van der Waals surface area contributed by atoms with Gasteiger partial charge in [0.1, 0.15) is 17.8 Å². The monoisotopic (exact) mass is 385 g/mol. The maximum Gasteiger partial charge on any atom is 0.141 e. The molecule has 28 heavy (non-hydrogen) atoms. The van der Waals surface area contributed by atoms with Gasteiger partial charge in [-0.1, -0.05) is 24.3 Å². The first-order chi connectivity index (χ1) is 13.2. The van der Waals surface area contributed by atoms with Gasteiger partial charge in [-0.3, -0.25) is 0 Å². The summed E-state index contributed by atoms with van der Waals surface area (Å²) >= 11 is 0. The molecule has 2 aromatic rings. The maximum atomic E-state index is 11.1. The quantitative estimate of drug-likeness (QED) is 0.665. The Morgan fingerprint density at radius 3 is 1.82 bits per heavy atom. The molecule has 0 aromatic heterocycles.